The molecule has 5 nitrogen and oxygen atoms in total. The van der Waals surface area contributed by atoms with E-state index in [0.29, 0.717) is 12.8 Å². The topological polar surface area (TPSA) is 72.5 Å². The van der Waals surface area contributed by atoms with Crippen LogP contribution in [0.3, 0.4) is 0 Å². The summed E-state index contributed by atoms with van der Waals surface area (Å²) in [4.78, 5) is 11.4. The lowest BCUT2D eigenvalue weighted by molar-refractivity contribution is 0.0503. The van der Waals surface area contributed by atoms with Gasteiger partial charge < -0.3 is 10.1 Å². The molecule has 94 valence electrons. The lowest BCUT2D eigenvalue weighted by Crippen LogP contribution is -2.43. The number of halogens is 1. The molecular weight excluding hydrogens is 254 g/mol. The predicted octanol–water partition coefficient (Wildman–Crippen LogP) is 1.61. The summed E-state index contributed by atoms with van der Waals surface area (Å²) in [6, 6.07) is 0. The van der Waals surface area contributed by atoms with Gasteiger partial charge in [0.2, 0.25) is 9.05 Å². The minimum atomic E-state index is -3.61. The Labute approximate surface area is 99.9 Å². The number of nitrogens with one attached hydrogen (secondary N) is 1. The summed E-state index contributed by atoms with van der Waals surface area (Å²) >= 11 is 0. The molecule has 1 aliphatic rings. The zero-order valence-electron chi connectivity index (χ0n) is 9.54. The molecule has 1 amide bonds. The summed E-state index contributed by atoms with van der Waals surface area (Å²) in [5.74, 6) is -0.249. The normalized spacial score (nSPS) is 19.0. The second-order valence-electron chi connectivity index (χ2n) is 5.09. The van der Waals surface area contributed by atoms with Crippen LogP contribution in [0.1, 0.15) is 33.6 Å². The maximum Gasteiger partial charge on any atom is 0.408 e. The second kappa shape index (κ2) is 4.07. The van der Waals surface area contributed by atoms with Crippen molar-refractivity contribution >= 4 is 25.8 Å². The van der Waals surface area contributed by atoms with Gasteiger partial charge in [-0.25, -0.2) is 13.2 Å². The van der Waals surface area contributed by atoms with E-state index in [-0.39, 0.29) is 5.75 Å². The number of rotatable bonds is 3. The van der Waals surface area contributed by atoms with Gasteiger partial charge in [-0.3, -0.25) is 0 Å². The molecule has 1 N–H and O–H groups in total. The van der Waals surface area contributed by atoms with Gasteiger partial charge in [0, 0.05) is 10.7 Å². The number of ether oxygens (including phenoxy) is 1. The molecule has 1 saturated carbocycles. The van der Waals surface area contributed by atoms with Crippen molar-refractivity contribution in [2.75, 3.05) is 5.75 Å². The van der Waals surface area contributed by atoms with Crippen LogP contribution in [0.4, 0.5) is 4.79 Å². The highest BCUT2D eigenvalue weighted by molar-refractivity contribution is 8.13. The number of alkyl carbamates (subject to hydrolysis) is 1. The lowest BCUT2D eigenvalue weighted by Gasteiger charge is -2.22. The second-order valence-corrected chi connectivity index (χ2v) is 7.87. The summed E-state index contributed by atoms with van der Waals surface area (Å²) < 4.78 is 26.9. The zero-order chi connectivity index (χ0) is 12.6. The SMILES string of the molecule is CC(C)(C)OC(=O)NC1(CS(=O)(=O)Cl)CC1. The molecule has 0 aromatic heterocycles. The predicted molar refractivity (Wildman–Crippen MR) is 61.0 cm³/mol. The van der Waals surface area contributed by atoms with Crippen LogP contribution >= 0.6 is 10.7 Å². The van der Waals surface area contributed by atoms with Gasteiger partial charge in [-0.2, -0.15) is 0 Å². The highest BCUT2D eigenvalue weighted by Crippen LogP contribution is 2.37. The number of carbonyl (C=O) groups is 1. The zero-order valence-corrected chi connectivity index (χ0v) is 11.1. The van der Waals surface area contributed by atoms with Gasteiger partial charge in [-0.1, -0.05) is 0 Å². The number of amides is 1. The number of hydrogen-bond donors (Lipinski definition) is 1. The Morgan fingerprint density at radius 3 is 2.25 bits per heavy atom. The molecule has 1 aliphatic carbocycles. The molecule has 1 rings (SSSR count). The van der Waals surface area contributed by atoms with Crippen LogP contribution in [0, 0.1) is 0 Å². The van der Waals surface area contributed by atoms with Crippen LogP contribution in [0.2, 0.25) is 0 Å². The molecule has 0 atom stereocenters. The van der Waals surface area contributed by atoms with Crippen LogP contribution in [0.5, 0.6) is 0 Å². The van der Waals surface area contributed by atoms with Gasteiger partial charge in [0.25, 0.3) is 0 Å². The van der Waals surface area contributed by atoms with E-state index in [1.165, 1.54) is 0 Å². The quantitative estimate of drug-likeness (QED) is 0.790. The molecule has 0 unspecified atom stereocenters. The minimum absolute atomic E-state index is 0.249. The molecule has 0 aromatic rings. The van der Waals surface area contributed by atoms with E-state index in [2.05, 4.69) is 5.32 Å². The monoisotopic (exact) mass is 269 g/mol. The van der Waals surface area contributed by atoms with Crippen molar-refractivity contribution in [2.45, 2.75) is 44.8 Å². The molecule has 16 heavy (non-hydrogen) atoms. The molecule has 0 spiro atoms. The summed E-state index contributed by atoms with van der Waals surface area (Å²) in [5, 5.41) is 2.56. The van der Waals surface area contributed by atoms with E-state index in [1.807, 2.05) is 0 Å². The molecule has 0 saturated heterocycles. The van der Waals surface area contributed by atoms with Crippen LogP contribution in [-0.4, -0.2) is 31.4 Å². The molecule has 0 aliphatic heterocycles. The first-order valence-corrected chi connectivity index (χ1v) is 7.43. The Morgan fingerprint density at radius 1 is 1.44 bits per heavy atom. The Balaban J connectivity index is 2.52. The summed E-state index contributed by atoms with van der Waals surface area (Å²) in [5.41, 5.74) is -1.32. The fourth-order valence-corrected chi connectivity index (χ4v) is 2.95. The molecule has 0 aromatic carbocycles. The highest BCUT2D eigenvalue weighted by atomic mass is 35.7. The van der Waals surface area contributed by atoms with Gasteiger partial charge in [0.1, 0.15) is 5.60 Å². The summed E-state index contributed by atoms with van der Waals surface area (Å²) in [6.07, 6.45) is 0.612. The molecule has 1 fully saturated rings. The molecular formula is C9H16ClNO4S. The van der Waals surface area contributed by atoms with E-state index in [1.54, 1.807) is 20.8 Å². The van der Waals surface area contributed by atoms with Crippen molar-refractivity contribution in [3.8, 4) is 0 Å². The summed E-state index contributed by atoms with van der Waals surface area (Å²) in [6.45, 7) is 5.22. The Morgan fingerprint density at radius 2 is 1.94 bits per heavy atom. The van der Waals surface area contributed by atoms with Gasteiger partial charge in [0.05, 0.1) is 11.3 Å². The van der Waals surface area contributed by atoms with Crippen LogP contribution in [-0.2, 0) is 13.8 Å². The Bertz CT molecular complexity index is 381. The van der Waals surface area contributed by atoms with Gasteiger partial charge >= 0.3 is 6.09 Å². The standard InChI is InChI=1S/C9H16ClNO4S/c1-8(2,3)15-7(12)11-9(4-5-9)6-16(10,13)14/h4-6H2,1-3H3,(H,11,12). The van der Waals surface area contributed by atoms with E-state index in [9.17, 15) is 13.2 Å². The van der Waals surface area contributed by atoms with Crippen molar-refractivity contribution in [2.24, 2.45) is 0 Å². The fraction of sp³-hybridized carbons (Fsp3) is 0.889. The number of carbonyl (C=O) groups excluding carboxylic acids is 1. The van der Waals surface area contributed by atoms with E-state index < -0.39 is 26.3 Å². The van der Waals surface area contributed by atoms with Crippen molar-refractivity contribution in [1.82, 2.24) is 5.32 Å². The van der Waals surface area contributed by atoms with Crippen LogP contribution in [0.25, 0.3) is 0 Å². The fourth-order valence-electron chi connectivity index (χ4n) is 1.31. The van der Waals surface area contributed by atoms with Gasteiger partial charge in [-0.05, 0) is 33.6 Å². The van der Waals surface area contributed by atoms with Crippen molar-refractivity contribution in [3.63, 3.8) is 0 Å². The minimum Gasteiger partial charge on any atom is -0.444 e. The van der Waals surface area contributed by atoms with Crippen molar-refractivity contribution in [1.29, 1.82) is 0 Å². The number of hydrogen-bond acceptors (Lipinski definition) is 4. The van der Waals surface area contributed by atoms with Crippen LogP contribution in [0.15, 0.2) is 0 Å². The smallest absolute Gasteiger partial charge is 0.408 e. The molecule has 7 heteroatoms. The average molecular weight is 270 g/mol. The van der Waals surface area contributed by atoms with Gasteiger partial charge in [-0.15, -0.1) is 0 Å². The van der Waals surface area contributed by atoms with E-state index in [0.717, 1.165) is 0 Å². The first-order valence-electron chi connectivity index (χ1n) is 4.95. The summed E-state index contributed by atoms with van der Waals surface area (Å²) in [7, 11) is 1.55. The largest absolute Gasteiger partial charge is 0.444 e. The molecule has 0 heterocycles. The highest BCUT2D eigenvalue weighted by Gasteiger charge is 2.48. The van der Waals surface area contributed by atoms with Crippen LogP contribution < -0.4 is 5.32 Å². The first-order chi connectivity index (χ1) is 7.02. The third-order valence-electron chi connectivity index (χ3n) is 2.07. The maximum absolute atomic E-state index is 11.4. The first kappa shape index (κ1) is 13.6. The third-order valence-corrected chi connectivity index (χ3v) is 3.29. The average Bonchev–Trinajstić information content (AvgIpc) is 2.58. The molecule has 0 bridgehead atoms. The van der Waals surface area contributed by atoms with Gasteiger partial charge in [0.15, 0.2) is 0 Å². The lowest BCUT2D eigenvalue weighted by atomic mass is 10.2. The maximum atomic E-state index is 11.4. The van der Waals surface area contributed by atoms with Crippen molar-refractivity contribution < 1.29 is 17.9 Å². The Kier molecular flexibility index (Phi) is 3.45. The molecule has 0 radical (unpaired) electrons. The third kappa shape index (κ3) is 5.03. The van der Waals surface area contributed by atoms with E-state index in [4.69, 9.17) is 15.4 Å². The van der Waals surface area contributed by atoms with E-state index >= 15 is 0 Å². The van der Waals surface area contributed by atoms with Crippen molar-refractivity contribution in [3.05, 3.63) is 0 Å². The Hall–Kier alpha value is -0.490.